The van der Waals surface area contributed by atoms with Crippen molar-refractivity contribution in [2.75, 3.05) is 17.2 Å². The van der Waals surface area contributed by atoms with E-state index in [-0.39, 0.29) is 17.6 Å². The summed E-state index contributed by atoms with van der Waals surface area (Å²) < 4.78 is 5.34. The van der Waals surface area contributed by atoms with E-state index >= 15 is 0 Å². The van der Waals surface area contributed by atoms with Crippen LogP contribution in [0.2, 0.25) is 0 Å². The van der Waals surface area contributed by atoms with Crippen molar-refractivity contribution in [2.45, 2.75) is 25.9 Å². The van der Waals surface area contributed by atoms with Crippen LogP contribution < -0.4 is 10.6 Å². The van der Waals surface area contributed by atoms with E-state index in [0.717, 1.165) is 12.8 Å². The van der Waals surface area contributed by atoms with E-state index in [2.05, 4.69) is 10.6 Å². The summed E-state index contributed by atoms with van der Waals surface area (Å²) in [4.78, 5) is 35.6. The van der Waals surface area contributed by atoms with Gasteiger partial charge in [0.05, 0.1) is 0 Å². The van der Waals surface area contributed by atoms with Crippen molar-refractivity contribution in [1.29, 1.82) is 0 Å². The summed E-state index contributed by atoms with van der Waals surface area (Å²) in [5.74, 6) is -0.452. The van der Waals surface area contributed by atoms with E-state index in [0.29, 0.717) is 29.1 Å². The van der Waals surface area contributed by atoms with Gasteiger partial charge in [-0.2, -0.15) is 0 Å². The maximum Gasteiger partial charge on any atom is 0.255 e. The first-order chi connectivity index (χ1) is 12.5. The monoisotopic (exact) mass is 352 g/mol. The number of carbonyl (C=O) groups excluding carboxylic acids is 3. The molecule has 6 nitrogen and oxygen atoms in total. The molecule has 0 aliphatic carbocycles. The van der Waals surface area contributed by atoms with Crippen LogP contribution in [-0.4, -0.2) is 30.3 Å². The lowest BCUT2D eigenvalue weighted by Gasteiger charge is -2.11. The minimum atomic E-state index is -0.393. The van der Waals surface area contributed by atoms with Gasteiger partial charge in [0.2, 0.25) is 0 Å². The largest absolute Gasteiger partial charge is 0.368 e. The van der Waals surface area contributed by atoms with Crippen LogP contribution in [-0.2, 0) is 9.53 Å². The topological polar surface area (TPSA) is 84.5 Å². The maximum absolute atomic E-state index is 12.3. The van der Waals surface area contributed by atoms with Crippen molar-refractivity contribution in [3.8, 4) is 0 Å². The van der Waals surface area contributed by atoms with E-state index in [1.165, 1.54) is 6.92 Å². The molecule has 134 valence electrons. The van der Waals surface area contributed by atoms with Crippen LogP contribution in [0.1, 0.15) is 40.5 Å². The molecule has 1 aliphatic heterocycles. The Kier molecular flexibility index (Phi) is 5.43. The Morgan fingerprint density at radius 3 is 2.00 bits per heavy atom. The lowest BCUT2D eigenvalue weighted by molar-refractivity contribution is -0.124. The fourth-order valence-electron chi connectivity index (χ4n) is 2.70. The Hall–Kier alpha value is -2.99. The van der Waals surface area contributed by atoms with Gasteiger partial charge in [-0.05, 0) is 68.3 Å². The first-order valence-corrected chi connectivity index (χ1v) is 8.48. The molecule has 0 aromatic heterocycles. The molecule has 1 aliphatic rings. The number of ether oxygens (including phenoxy) is 1. The van der Waals surface area contributed by atoms with E-state index in [1.54, 1.807) is 48.5 Å². The van der Waals surface area contributed by atoms with Crippen LogP contribution in [0.25, 0.3) is 0 Å². The molecule has 6 heteroatoms. The van der Waals surface area contributed by atoms with Crippen LogP contribution >= 0.6 is 0 Å². The maximum atomic E-state index is 12.3. The SMILES string of the molecule is CC(=O)c1ccc(NC(=O)c2ccc(NC(=O)C3CCCO3)cc2)cc1. The number of amides is 2. The highest BCUT2D eigenvalue weighted by molar-refractivity contribution is 6.05. The van der Waals surface area contributed by atoms with E-state index < -0.39 is 6.10 Å². The number of ketones is 1. The standard InChI is InChI=1S/C20H20N2O4/c1-13(23)14-4-8-16(9-5-14)21-19(24)15-6-10-17(11-7-15)22-20(25)18-3-2-12-26-18/h4-11,18H,2-3,12H2,1H3,(H,21,24)(H,22,25). The van der Waals surface area contributed by atoms with Gasteiger partial charge in [0.25, 0.3) is 11.8 Å². The second-order valence-corrected chi connectivity index (χ2v) is 6.16. The number of nitrogens with one attached hydrogen (secondary N) is 2. The Balaban J connectivity index is 1.59. The van der Waals surface area contributed by atoms with Crippen molar-refractivity contribution in [3.05, 3.63) is 59.7 Å². The van der Waals surface area contributed by atoms with Gasteiger partial charge in [-0.3, -0.25) is 14.4 Å². The second kappa shape index (κ2) is 7.93. The molecule has 1 fully saturated rings. The lowest BCUT2D eigenvalue weighted by Crippen LogP contribution is -2.26. The number of rotatable bonds is 5. The summed E-state index contributed by atoms with van der Waals surface area (Å²) in [6, 6.07) is 13.4. The van der Waals surface area contributed by atoms with Crippen LogP contribution in [0.15, 0.2) is 48.5 Å². The molecule has 0 bridgehead atoms. The van der Waals surface area contributed by atoms with Gasteiger partial charge in [-0.25, -0.2) is 0 Å². The molecular weight excluding hydrogens is 332 g/mol. The van der Waals surface area contributed by atoms with Gasteiger partial charge in [-0.1, -0.05) is 0 Å². The molecule has 2 aromatic carbocycles. The minimum absolute atomic E-state index is 0.0245. The minimum Gasteiger partial charge on any atom is -0.368 e. The fourth-order valence-corrected chi connectivity index (χ4v) is 2.70. The molecule has 3 rings (SSSR count). The third-order valence-electron chi connectivity index (χ3n) is 4.19. The fraction of sp³-hybridized carbons (Fsp3) is 0.250. The van der Waals surface area contributed by atoms with Crippen LogP contribution in [0.5, 0.6) is 0 Å². The van der Waals surface area contributed by atoms with Gasteiger partial charge < -0.3 is 15.4 Å². The second-order valence-electron chi connectivity index (χ2n) is 6.16. The van der Waals surface area contributed by atoms with E-state index in [4.69, 9.17) is 4.74 Å². The molecule has 1 saturated heterocycles. The summed E-state index contributed by atoms with van der Waals surface area (Å²) >= 11 is 0. The van der Waals surface area contributed by atoms with Crippen LogP contribution in [0.3, 0.4) is 0 Å². The summed E-state index contributed by atoms with van der Waals surface area (Å²) in [6.45, 7) is 2.11. The lowest BCUT2D eigenvalue weighted by atomic mass is 10.1. The summed E-state index contributed by atoms with van der Waals surface area (Å²) in [5, 5.41) is 5.56. The molecule has 1 unspecified atom stereocenters. The molecule has 0 spiro atoms. The number of hydrogen-bond acceptors (Lipinski definition) is 4. The highest BCUT2D eigenvalue weighted by Crippen LogP contribution is 2.17. The van der Waals surface area contributed by atoms with Crippen molar-refractivity contribution < 1.29 is 19.1 Å². The zero-order valence-electron chi connectivity index (χ0n) is 14.5. The Morgan fingerprint density at radius 2 is 1.46 bits per heavy atom. The third-order valence-corrected chi connectivity index (χ3v) is 4.19. The molecule has 2 aromatic rings. The van der Waals surface area contributed by atoms with Crippen molar-refractivity contribution in [2.24, 2.45) is 0 Å². The van der Waals surface area contributed by atoms with Crippen molar-refractivity contribution in [3.63, 3.8) is 0 Å². The molecule has 1 heterocycles. The quantitative estimate of drug-likeness (QED) is 0.809. The normalized spacial score (nSPS) is 16.1. The number of carbonyl (C=O) groups is 3. The predicted octanol–water partition coefficient (Wildman–Crippen LogP) is 3.26. The summed E-state index contributed by atoms with van der Waals surface area (Å²) in [5.41, 5.74) is 2.29. The highest BCUT2D eigenvalue weighted by atomic mass is 16.5. The molecule has 0 saturated carbocycles. The zero-order valence-corrected chi connectivity index (χ0v) is 14.5. The van der Waals surface area contributed by atoms with Gasteiger partial charge in [-0.15, -0.1) is 0 Å². The molecule has 2 N–H and O–H groups in total. The Morgan fingerprint density at radius 1 is 0.885 bits per heavy atom. The molecule has 2 amide bonds. The molecular formula is C20H20N2O4. The number of anilines is 2. The zero-order chi connectivity index (χ0) is 18.5. The highest BCUT2D eigenvalue weighted by Gasteiger charge is 2.23. The van der Waals surface area contributed by atoms with E-state index in [1.807, 2.05) is 0 Å². The summed E-state index contributed by atoms with van der Waals surface area (Å²) in [6.07, 6.45) is 1.23. The van der Waals surface area contributed by atoms with Crippen LogP contribution in [0.4, 0.5) is 11.4 Å². The third kappa shape index (κ3) is 4.34. The van der Waals surface area contributed by atoms with Gasteiger partial charge in [0.15, 0.2) is 5.78 Å². The Labute approximate surface area is 151 Å². The van der Waals surface area contributed by atoms with Crippen molar-refractivity contribution in [1.82, 2.24) is 0 Å². The number of Topliss-reactive ketones (excluding diaryl/α,β-unsaturated/α-hetero) is 1. The van der Waals surface area contributed by atoms with Crippen molar-refractivity contribution >= 4 is 29.0 Å². The average Bonchev–Trinajstić information content (AvgIpc) is 3.17. The molecule has 1 atom stereocenters. The number of hydrogen-bond donors (Lipinski definition) is 2. The van der Waals surface area contributed by atoms with Gasteiger partial charge in [0, 0.05) is 29.1 Å². The first-order valence-electron chi connectivity index (χ1n) is 8.48. The molecule has 26 heavy (non-hydrogen) atoms. The smallest absolute Gasteiger partial charge is 0.255 e. The van der Waals surface area contributed by atoms with Crippen LogP contribution in [0, 0.1) is 0 Å². The average molecular weight is 352 g/mol. The number of benzene rings is 2. The van der Waals surface area contributed by atoms with Gasteiger partial charge in [0.1, 0.15) is 6.10 Å². The summed E-state index contributed by atoms with van der Waals surface area (Å²) in [7, 11) is 0. The van der Waals surface area contributed by atoms with Gasteiger partial charge >= 0.3 is 0 Å². The Bertz CT molecular complexity index is 807. The van der Waals surface area contributed by atoms with E-state index in [9.17, 15) is 14.4 Å². The first kappa shape index (κ1) is 17.8. The predicted molar refractivity (Wildman–Crippen MR) is 98.4 cm³/mol. The molecule has 0 radical (unpaired) electrons.